The maximum absolute atomic E-state index is 11.2. The van der Waals surface area contributed by atoms with Crippen molar-refractivity contribution in [1.29, 1.82) is 0 Å². The van der Waals surface area contributed by atoms with Gasteiger partial charge in [-0.2, -0.15) is 0 Å². The summed E-state index contributed by atoms with van der Waals surface area (Å²) in [6.45, 7) is 7.33. The van der Waals surface area contributed by atoms with Crippen molar-refractivity contribution in [3.8, 4) is 0 Å². The molecule has 1 fully saturated rings. The summed E-state index contributed by atoms with van der Waals surface area (Å²) in [6, 6.07) is 2.57. The highest BCUT2D eigenvalue weighted by Crippen LogP contribution is 2.26. The SMILES string of the molecule is CC(=O)NC1CCC(Nc2ncc3cc([C@@H](C)O)nc(NC(C)C)c3n2)CC1. The molecule has 1 saturated carbocycles. The molecule has 2 aromatic rings. The van der Waals surface area contributed by atoms with Gasteiger partial charge < -0.3 is 21.1 Å². The summed E-state index contributed by atoms with van der Waals surface area (Å²) in [7, 11) is 0. The molecule has 1 amide bonds. The molecule has 0 spiro atoms. The molecule has 2 aromatic heterocycles. The molecule has 152 valence electrons. The van der Waals surface area contributed by atoms with Crippen LogP contribution in [0.2, 0.25) is 0 Å². The monoisotopic (exact) mass is 386 g/mol. The van der Waals surface area contributed by atoms with E-state index in [0.29, 0.717) is 17.5 Å². The first-order valence-corrected chi connectivity index (χ1v) is 9.97. The van der Waals surface area contributed by atoms with E-state index in [4.69, 9.17) is 4.98 Å². The zero-order chi connectivity index (χ0) is 20.3. The summed E-state index contributed by atoms with van der Waals surface area (Å²) in [6.07, 6.45) is 4.93. The van der Waals surface area contributed by atoms with Crippen LogP contribution in [0.25, 0.3) is 10.9 Å². The molecule has 8 nitrogen and oxygen atoms in total. The number of hydrogen-bond acceptors (Lipinski definition) is 7. The Bertz CT molecular complexity index is 831. The van der Waals surface area contributed by atoms with E-state index in [0.717, 1.165) is 36.6 Å². The third-order valence-corrected chi connectivity index (χ3v) is 4.91. The van der Waals surface area contributed by atoms with Crippen LogP contribution in [0.5, 0.6) is 0 Å². The second kappa shape index (κ2) is 8.68. The molecule has 0 unspecified atom stereocenters. The van der Waals surface area contributed by atoms with Gasteiger partial charge in [0.05, 0.1) is 11.8 Å². The average Bonchev–Trinajstić information content (AvgIpc) is 2.62. The summed E-state index contributed by atoms with van der Waals surface area (Å²) in [5.74, 6) is 1.26. The Labute approximate surface area is 165 Å². The molecule has 0 bridgehead atoms. The van der Waals surface area contributed by atoms with Crippen LogP contribution in [0.4, 0.5) is 11.8 Å². The zero-order valence-corrected chi connectivity index (χ0v) is 17.0. The van der Waals surface area contributed by atoms with Gasteiger partial charge in [0.15, 0.2) is 5.82 Å². The number of rotatable bonds is 6. The van der Waals surface area contributed by atoms with E-state index in [1.807, 2.05) is 19.9 Å². The van der Waals surface area contributed by atoms with Gasteiger partial charge >= 0.3 is 0 Å². The van der Waals surface area contributed by atoms with Crippen molar-refractivity contribution in [2.45, 2.75) is 77.6 Å². The minimum absolute atomic E-state index is 0.0310. The number of aliphatic hydroxyl groups is 1. The van der Waals surface area contributed by atoms with Gasteiger partial charge in [0, 0.05) is 36.6 Å². The van der Waals surface area contributed by atoms with E-state index < -0.39 is 6.10 Å². The van der Waals surface area contributed by atoms with Gasteiger partial charge in [-0.15, -0.1) is 0 Å². The third-order valence-electron chi connectivity index (χ3n) is 4.91. The van der Waals surface area contributed by atoms with Gasteiger partial charge in [0.2, 0.25) is 11.9 Å². The summed E-state index contributed by atoms with van der Waals surface area (Å²) in [5, 5.41) is 20.5. The van der Waals surface area contributed by atoms with Crippen molar-refractivity contribution < 1.29 is 9.90 Å². The van der Waals surface area contributed by atoms with Gasteiger partial charge in [0.1, 0.15) is 5.52 Å². The van der Waals surface area contributed by atoms with Crippen LogP contribution < -0.4 is 16.0 Å². The molecule has 1 aliphatic rings. The molecule has 8 heteroatoms. The predicted molar refractivity (Wildman–Crippen MR) is 110 cm³/mol. The normalized spacial score (nSPS) is 20.8. The number of carbonyl (C=O) groups excluding carboxylic acids is 1. The Morgan fingerprint density at radius 1 is 1.14 bits per heavy atom. The van der Waals surface area contributed by atoms with Crippen molar-refractivity contribution in [2.75, 3.05) is 10.6 Å². The van der Waals surface area contributed by atoms with E-state index in [1.54, 1.807) is 20.0 Å². The van der Waals surface area contributed by atoms with Gasteiger partial charge in [-0.25, -0.2) is 15.0 Å². The first-order valence-electron chi connectivity index (χ1n) is 9.97. The fraction of sp³-hybridized carbons (Fsp3) is 0.600. The van der Waals surface area contributed by atoms with Crippen molar-refractivity contribution in [2.24, 2.45) is 0 Å². The zero-order valence-electron chi connectivity index (χ0n) is 17.0. The van der Waals surface area contributed by atoms with E-state index in [-0.39, 0.29) is 24.0 Å². The largest absolute Gasteiger partial charge is 0.387 e. The number of hydrogen-bond donors (Lipinski definition) is 4. The first-order chi connectivity index (χ1) is 13.3. The number of carbonyl (C=O) groups is 1. The number of fused-ring (bicyclic) bond motifs is 1. The minimum atomic E-state index is -0.659. The molecule has 0 saturated heterocycles. The number of pyridine rings is 1. The van der Waals surface area contributed by atoms with Crippen molar-refractivity contribution in [3.63, 3.8) is 0 Å². The van der Waals surface area contributed by atoms with Gasteiger partial charge in [-0.05, 0) is 52.5 Å². The highest BCUT2D eigenvalue weighted by molar-refractivity contribution is 5.89. The third kappa shape index (κ3) is 5.07. The number of aromatic nitrogens is 3. The lowest BCUT2D eigenvalue weighted by Gasteiger charge is -2.29. The quantitative estimate of drug-likeness (QED) is 0.604. The van der Waals surface area contributed by atoms with Crippen LogP contribution in [0, 0.1) is 0 Å². The second-order valence-corrected chi connectivity index (χ2v) is 7.90. The Kier molecular flexibility index (Phi) is 6.28. The molecule has 1 aliphatic carbocycles. The Hall–Kier alpha value is -2.48. The summed E-state index contributed by atoms with van der Waals surface area (Å²) in [4.78, 5) is 24.9. The maximum Gasteiger partial charge on any atom is 0.223 e. The van der Waals surface area contributed by atoms with Crippen LogP contribution in [0.1, 0.15) is 65.2 Å². The van der Waals surface area contributed by atoms with E-state index in [9.17, 15) is 9.90 Å². The standard InChI is InChI=1S/C20H30N6O2/c1-11(2)22-19-18-14(9-17(25-19)12(3)27)10-21-20(26-18)24-16-7-5-15(6-8-16)23-13(4)28/h9-12,15-16,27H,5-8H2,1-4H3,(H,22,25)(H,23,28)(H,21,24,26)/t12-,15?,16?/m1/s1. The molecule has 1 atom stereocenters. The topological polar surface area (TPSA) is 112 Å². The molecule has 2 heterocycles. The Morgan fingerprint density at radius 2 is 1.82 bits per heavy atom. The van der Waals surface area contributed by atoms with Crippen LogP contribution in [-0.2, 0) is 4.79 Å². The van der Waals surface area contributed by atoms with Gasteiger partial charge in [-0.3, -0.25) is 4.79 Å². The lowest BCUT2D eigenvalue weighted by molar-refractivity contribution is -0.119. The van der Waals surface area contributed by atoms with Crippen LogP contribution in [0.15, 0.2) is 12.3 Å². The van der Waals surface area contributed by atoms with Gasteiger partial charge in [0.25, 0.3) is 0 Å². The highest BCUT2D eigenvalue weighted by atomic mass is 16.3. The van der Waals surface area contributed by atoms with E-state index >= 15 is 0 Å². The number of aliphatic hydroxyl groups excluding tert-OH is 1. The molecule has 3 rings (SSSR count). The van der Waals surface area contributed by atoms with Crippen LogP contribution >= 0.6 is 0 Å². The maximum atomic E-state index is 11.2. The number of nitrogens with zero attached hydrogens (tertiary/aromatic N) is 3. The Morgan fingerprint density at radius 3 is 2.43 bits per heavy atom. The molecule has 28 heavy (non-hydrogen) atoms. The minimum Gasteiger partial charge on any atom is -0.387 e. The number of amides is 1. The van der Waals surface area contributed by atoms with Crippen molar-refractivity contribution in [1.82, 2.24) is 20.3 Å². The number of nitrogens with one attached hydrogen (secondary N) is 3. The molecule has 0 aliphatic heterocycles. The van der Waals surface area contributed by atoms with Crippen LogP contribution in [0.3, 0.4) is 0 Å². The average molecular weight is 387 g/mol. The van der Waals surface area contributed by atoms with E-state index in [2.05, 4.69) is 25.9 Å². The smallest absolute Gasteiger partial charge is 0.223 e. The summed E-state index contributed by atoms with van der Waals surface area (Å²) < 4.78 is 0. The highest BCUT2D eigenvalue weighted by Gasteiger charge is 2.22. The lowest BCUT2D eigenvalue weighted by atomic mass is 9.91. The lowest BCUT2D eigenvalue weighted by Crippen LogP contribution is -2.39. The predicted octanol–water partition coefficient (Wildman–Crippen LogP) is 2.76. The van der Waals surface area contributed by atoms with Gasteiger partial charge in [-0.1, -0.05) is 0 Å². The fourth-order valence-corrected chi connectivity index (χ4v) is 3.57. The summed E-state index contributed by atoms with van der Waals surface area (Å²) >= 11 is 0. The number of anilines is 2. The molecule has 4 N–H and O–H groups in total. The van der Waals surface area contributed by atoms with Crippen molar-refractivity contribution in [3.05, 3.63) is 18.0 Å². The van der Waals surface area contributed by atoms with Crippen molar-refractivity contribution >= 4 is 28.6 Å². The first kappa shape index (κ1) is 20.3. The second-order valence-electron chi connectivity index (χ2n) is 7.90. The molecular formula is C20H30N6O2. The van der Waals surface area contributed by atoms with Crippen LogP contribution in [-0.4, -0.2) is 44.1 Å². The molecule has 0 radical (unpaired) electrons. The Balaban J connectivity index is 1.78. The molecular weight excluding hydrogens is 356 g/mol. The molecule has 0 aromatic carbocycles. The van der Waals surface area contributed by atoms with E-state index in [1.165, 1.54) is 0 Å². The fourth-order valence-electron chi connectivity index (χ4n) is 3.57. The summed E-state index contributed by atoms with van der Waals surface area (Å²) in [5.41, 5.74) is 1.33.